The van der Waals surface area contributed by atoms with Crippen LogP contribution in [0.25, 0.3) is 0 Å². The molecule has 0 aromatic carbocycles. The van der Waals surface area contributed by atoms with Gasteiger partial charge in [0.05, 0.1) is 9.52 Å². The highest BCUT2D eigenvalue weighted by Crippen LogP contribution is 2.29. The van der Waals surface area contributed by atoms with Crippen LogP contribution in [-0.4, -0.2) is 106 Å². The monoisotopic (exact) mass is 566 g/mol. The molecule has 1 unspecified atom stereocenters. The molecule has 0 aromatic heterocycles. The summed E-state index contributed by atoms with van der Waals surface area (Å²) in [4.78, 5) is 2.51. The standard InChI is InChI=1S/C25H58N2O6Si3/c1-9-27(10-2)22-18-16-14-15-17-20-25(36(28-6,29-7)30-8)34-24-26-21-19-23-35(31-11-3,32-12-4)33-13-5/h25-26H,9-24H2,1-8H3. The molecule has 0 rings (SSSR count). The van der Waals surface area contributed by atoms with Gasteiger partial charge in [0, 0.05) is 52.4 Å². The first-order valence-corrected chi connectivity index (χ1v) is 19.2. The van der Waals surface area contributed by atoms with E-state index in [0.29, 0.717) is 34.5 Å². The van der Waals surface area contributed by atoms with E-state index in [1.165, 1.54) is 38.6 Å². The molecule has 0 aromatic rings. The van der Waals surface area contributed by atoms with Gasteiger partial charge in [-0.15, -0.1) is 0 Å². The van der Waals surface area contributed by atoms with E-state index in [9.17, 15) is 0 Å². The molecule has 0 fully saturated rings. The van der Waals surface area contributed by atoms with Crippen molar-refractivity contribution in [1.29, 1.82) is 0 Å². The third-order valence-corrected chi connectivity index (χ3v) is 15.5. The molecule has 0 saturated heterocycles. The second kappa shape index (κ2) is 23.2. The third kappa shape index (κ3) is 14.5. The zero-order valence-electron chi connectivity index (χ0n) is 24.8. The highest BCUT2D eigenvalue weighted by molar-refractivity contribution is 6.73. The predicted octanol–water partition coefficient (Wildman–Crippen LogP) is 4.56. The Labute approximate surface area is 228 Å². The van der Waals surface area contributed by atoms with Gasteiger partial charge in [-0.3, -0.25) is 0 Å². The van der Waals surface area contributed by atoms with Crippen LogP contribution in [0.1, 0.15) is 79.6 Å². The van der Waals surface area contributed by atoms with Crippen LogP contribution in [0.3, 0.4) is 0 Å². The summed E-state index contributed by atoms with van der Waals surface area (Å²) in [5, 5.41) is 3.94. The van der Waals surface area contributed by atoms with Crippen molar-refractivity contribution in [2.24, 2.45) is 0 Å². The van der Waals surface area contributed by atoms with Crippen molar-refractivity contribution in [2.45, 2.75) is 90.8 Å². The van der Waals surface area contributed by atoms with Crippen LogP contribution in [0, 0.1) is 0 Å². The molecule has 1 atom stereocenters. The van der Waals surface area contributed by atoms with Gasteiger partial charge >= 0.3 is 17.6 Å². The lowest BCUT2D eigenvalue weighted by atomic mass is 10.1. The smallest absolute Gasteiger partial charge is 0.377 e. The quantitative estimate of drug-likeness (QED) is 0.115. The molecule has 2 radical (unpaired) electrons. The zero-order chi connectivity index (χ0) is 27.1. The van der Waals surface area contributed by atoms with Crippen LogP contribution < -0.4 is 5.32 Å². The van der Waals surface area contributed by atoms with Gasteiger partial charge in [0.15, 0.2) is 0 Å². The Kier molecular flexibility index (Phi) is 23.5. The first-order chi connectivity index (χ1) is 17.5. The Morgan fingerprint density at radius 3 is 1.75 bits per heavy atom. The van der Waals surface area contributed by atoms with Crippen molar-refractivity contribution in [3.05, 3.63) is 0 Å². The van der Waals surface area contributed by atoms with Gasteiger partial charge in [-0.2, -0.15) is 0 Å². The molecular weight excluding hydrogens is 509 g/mol. The largest absolute Gasteiger partial charge is 0.500 e. The third-order valence-electron chi connectivity index (χ3n) is 6.54. The second-order valence-corrected chi connectivity index (χ2v) is 16.7. The summed E-state index contributed by atoms with van der Waals surface area (Å²) >= 11 is 0. The lowest BCUT2D eigenvalue weighted by Gasteiger charge is -2.32. The molecule has 0 aliphatic rings. The van der Waals surface area contributed by atoms with Crippen LogP contribution in [0.4, 0.5) is 0 Å². The van der Waals surface area contributed by atoms with Gasteiger partial charge in [-0.25, -0.2) is 0 Å². The van der Waals surface area contributed by atoms with E-state index in [0.717, 1.165) is 44.7 Å². The Balaban J connectivity index is 4.55. The van der Waals surface area contributed by atoms with Crippen molar-refractivity contribution < 1.29 is 26.6 Å². The average Bonchev–Trinajstić information content (AvgIpc) is 2.89. The molecule has 36 heavy (non-hydrogen) atoms. The Morgan fingerprint density at radius 1 is 0.722 bits per heavy atom. The maximum atomic E-state index is 5.97. The molecule has 8 nitrogen and oxygen atoms in total. The molecule has 0 bridgehead atoms. The Morgan fingerprint density at radius 2 is 1.25 bits per heavy atom. The lowest BCUT2D eigenvalue weighted by molar-refractivity contribution is 0.0708. The van der Waals surface area contributed by atoms with Crippen molar-refractivity contribution in [1.82, 2.24) is 10.2 Å². The molecule has 1 N–H and O–H groups in total. The number of rotatable bonds is 27. The maximum Gasteiger partial charge on any atom is 0.500 e. The van der Waals surface area contributed by atoms with Crippen LogP contribution in [0.5, 0.6) is 0 Å². The van der Waals surface area contributed by atoms with Crippen molar-refractivity contribution >= 4 is 27.1 Å². The van der Waals surface area contributed by atoms with Gasteiger partial charge in [0.2, 0.25) is 0 Å². The van der Waals surface area contributed by atoms with E-state index < -0.39 is 17.6 Å². The molecule has 0 spiro atoms. The SMILES string of the molecule is CCO[Si](CCCNC[Si]C(CCCCCCCN(CC)CC)[Si](OC)(OC)OC)(OCC)OCC. The molecule has 0 saturated carbocycles. The summed E-state index contributed by atoms with van der Waals surface area (Å²) in [6.07, 6.45) is 9.34. The predicted molar refractivity (Wildman–Crippen MR) is 155 cm³/mol. The first-order valence-electron chi connectivity index (χ1n) is 14.2. The molecule has 11 heteroatoms. The minimum atomic E-state index is -2.67. The summed E-state index contributed by atoms with van der Waals surface area (Å²) in [5.41, 5.74) is 0. The first kappa shape index (κ1) is 36.3. The number of hydrogen-bond donors (Lipinski definition) is 1. The minimum absolute atomic E-state index is 0.324. The molecule has 0 amide bonds. The summed E-state index contributed by atoms with van der Waals surface area (Å²) in [6.45, 7) is 16.8. The normalized spacial score (nSPS) is 13.6. The molecular formula is C25H58N2O6Si3. The zero-order valence-corrected chi connectivity index (χ0v) is 27.8. The summed E-state index contributed by atoms with van der Waals surface area (Å²) in [7, 11) is 0.662. The fourth-order valence-electron chi connectivity index (χ4n) is 4.55. The van der Waals surface area contributed by atoms with Gasteiger partial charge in [0.1, 0.15) is 0 Å². The molecule has 0 aliphatic carbocycles. The van der Waals surface area contributed by atoms with Crippen molar-refractivity contribution in [3.63, 3.8) is 0 Å². The number of hydrogen-bond acceptors (Lipinski definition) is 8. The Hall–Kier alpha value is 0.331. The van der Waals surface area contributed by atoms with E-state index >= 15 is 0 Å². The minimum Gasteiger partial charge on any atom is -0.377 e. The van der Waals surface area contributed by atoms with E-state index in [1.54, 1.807) is 21.3 Å². The summed E-state index contributed by atoms with van der Waals surface area (Å²) in [5.74, 6) is 0. The van der Waals surface area contributed by atoms with E-state index in [4.69, 9.17) is 26.6 Å². The van der Waals surface area contributed by atoms with Crippen LogP contribution in [-0.2, 0) is 26.6 Å². The average molecular weight is 567 g/mol. The van der Waals surface area contributed by atoms with Crippen LogP contribution in [0.2, 0.25) is 11.2 Å². The fourth-order valence-corrected chi connectivity index (χ4v) is 12.4. The topological polar surface area (TPSA) is 70.7 Å². The van der Waals surface area contributed by atoms with Crippen LogP contribution >= 0.6 is 0 Å². The van der Waals surface area contributed by atoms with Crippen molar-refractivity contribution in [2.75, 3.05) is 73.5 Å². The Bertz CT molecular complexity index is 463. The van der Waals surface area contributed by atoms with Gasteiger partial charge in [0.25, 0.3) is 0 Å². The van der Waals surface area contributed by atoms with Gasteiger partial charge < -0.3 is 36.8 Å². The summed E-state index contributed by atoms with van der Waals surface area (Å²) in [6, 6.07) is 0.837. The van der Waals surface area contributed by atoms with Crippen LogP contribution in [0.15, 0.2) is 0 Å². The molecule has 0 aliphatic heterocycles. The number of nitrogens with one attached hydrogen (secondary N) is 1. The van der Waals surface area contributed by atoms with E-state index in [1.807, 2.05) is 20.8 Å². The van der Waals surface area contributed by atoms with Crippen molar-refractivity contribution in [3.8, 4) is 0 Å². The highest BCUT2D eigenvalue weighted by atomic mass is 28.4. The number of unbranched alkanes of at least 4 members (excludes halogenated alkanes) is 4. The lowest BCUT2D eigenvalue weighted by Crippen LogP contribution is -2.51. The van der Waals surface area contributed by atoms with Gasteiger partial charge in [-0.05, 0) is 72.4 Å². The molecule has 216 valence electrons. The highest BCUT2D eigenvalue weighted by Gasteiger charge is 2.46. The second-order valence-electron chi connectivity index (χ2n) is 8.82. The van der Waals surface area contributed by atoms with E-state index in [-0.39, 0.29) is 0 Å². The van der Waals surface area contributed by atoms with E-state index in [2.05, 4.69) is 24.1 Å². The fraction of sp³-hybridized carbons (Fsp3) is 1.00. The molecule has 0 heterocycles. The number of nitrogens with zero attached hydrogens (tertiary/aromatic N) is 1. The van der Waals surface area contributed by atoms with Gasteiger partial charge in [-0.1, -0.05) is 39.5 Å². The maximum absolute atomic E-state index is 5.97. The summed E-state index contributed by atoms with van der Waals surface area (Å²) < 4.78 is 35.5.